The Kier molecular flexibility index (Phi) is 7.38. The van der Waals surface area contributed by atoms with Crippen LogP contribution < -0.4 is 20.1 Å². The molecule has 124 valence electrons. The number of thioether (sulfide) groups is 1. The van der Waals surface area contributed by atoms with E-state index in [9.17, 15) is 0 Å². The predicted molar refractivity (Wildman–Crippen MR) is 95.3 cm³/mol. The van der Waals surface area contributed by atoms with E-state index in [1.54, 1.807) is 21.3 Å². The van der Waals surface area contributed by atoms with Crippen LogP contribution in [-0.4, -0.2) is 44.8 Å². The molecule has 0 aliphatic rings. The minimum Gasteiger partial charge on any atom is -0.497 e. The number of nitrogens with one attached hydrogen (secondary N) is 2. The normalized spacial score (nSPS) is 12.0. The van der Waals surface area contributed by atoms with Gasteiger partial charge in [0.25, 0.3) is 0 Å². The van der Waals surface area contributed by atoms with Crippen LogP contribution >= 0.6 is 11.8 Å². The van der Waals surface area contributed by atoms with Crippen molar-refractivity contribution in [2.24, 2.45) is 4.99 Å². The van der Waals surface area contributed by atoms with Crippen molar-refractivity contribution in [2.75, 3.05) is 34.1 Å². The summed E-state index contributed by atoms with van der Waals surface area (Å²) in [4.78, 5) is 4.25. The Labute approximate surface area is 137 Å². The number of aliphatic imine (C=N–C) groups is 1. The molecule has 0 bridgehead atoms. The molecule has 0 aromatic heterocycles. The molecule has 1 aromatic rings. The number of methoxy groups -OCH3 is 2. The lowest BCUT2D eigenvalue weighted by atomic mass is 10.2. The quantitative estimate of drug-likeness (QED) is 0.596. The van der Waals surface area contributed by atoms with Gasteiger partial charge in [-0.3, -0.25) is 4.99 Å². The first-order chi connectivity index (χ1) is 10.5. The first kappa shape index (κ1) is 18.5. The smallest absolute Gasteiger partial charge is 0.191 e. The van der Waals surface area contributed by atoms with Gasteiger partial charge in [0, 0.05) is 36.5 Å². The Morgan fingerprint density at radius 3 is 2.50 bits per heavy atom. The molecular weight excluding hydrogens is 298 g/mol. The van der Waals surface area contributed by atoms with Crippen molar-refractivity contribution >= 4 is 17.7 Å². The van der Waals surface area contributed by atoms with Crippen molar-refractivity contribution in [3.63, 3.8) is 0 Å². The number of benzene rings is 1. The number of nitrogens with zero attached hydrogens (tertiary/aromatic N) is 1. The van der Waals surface area contributed by atoms with Gasteiger partial charge in [-0.05, 0) is 32.2 Å². The van der Waals surface area contributed by atoms with Gasteiger partial charge < -0.3 is 20.1 Å². The summed E-state index contributed by atoms with van der Waals surface area (Å²) in [7, 11) is 5.07. The van der Waals surface area contributed by atoms with Crippen molar-refractivity contribution in [3.8, 4) is 11.5 Å². The second-order valence-electron chi connectivity index (χ2n) is 5.42. The lowest BCUT2D eigenvalue weighted by Crippen LogP contribution is -2.43. The van der Waals surface area contributed by atoms with Crippen LogP contribution in [-0.2, 0) is 6.54 Å². The monoisotopic (exact) mass is 325 g/mol. The minimum atomic E-state index is 0.162. The molecule has 22 heavy (non-hydrogen) atoms. The van der Waals surface area contributed by atoms with Gasteiger partial charge >= 0.3 is 0 Å². The zero-order valence-corrected chi connectivity index (χ0v) is 15.1. The van der Waals surface area contributed by atoms with E-state index in [0.717, 1.165) is 29.6 Å². The zero-order chi connectivity index (χ0) is 16.6. The Hall–Kier alpha value is -1.56. The van der Waals surface area contributed by atoms with Crippen LogP contribution in [0.1, 0.15) is 19.4 Å². The molecule has 0 saturated carbocycles. The fraction of sp³-hybridized carbons (Fsp3) is 0.562. The number of hydrogen-bond donors (Lipinski definition) is 2. The predicted octanol–water partition coefficient (Wildman–Crippen LogP) is 2.51. The summed E-state index contributed by atoms with van der Waals surface area (Å²) in [6, 6.07) is 5.79. The maximum Gasteiger partial charge on any atom is 0.191 e. The molecule has 0 amide bonds. The number of hydrogen-bond acceptors (Lipinski definition) is 4. The summed E-state index contributed by atoms with van der Waals surface area (Å²) < 4.78 is 10.8. The molecule has 0 atom stereocenters. The Morgan fingerprint density at radius 1 is 1.23 bits per heavy atom. The molecule has 5 nitrogen and oxygen atoms in total. The van der Waals surface area contributed by atoms with Crippen LogP contribution in [0.25, 0.3) is 0 Å². The first-order valence-electron chi connectivity index (χ1n) is 7.16. The third kappa shape index (κ3) is 5.67. The minimum absolute atomic E-state index is 0.162. The molecule has 0 spiro atoms. The SMILES string of the molecule is CN=C(NCc1ccc(OC)cc1OC)NCC(C)(C)SC. The van der Waals surface area contributed by atoms with Crippen LogP contribution in [0.2, 0.25) is 0 Å². The van der Waals surface area contributed by atoms with E-state index >= 15 is 0 Å². The number of guanidine groups is 1. The van der Waals surface area contributed by atoms with E-state index in [2.05, 4.69) is 35.7 Å². The second kappa shape index (κ2) is 8.78. The Balaban J connectivity index is 2.64. The molecule has 0 unspecified atom stereocenters. The molecule has 0 radical (unpaired) electrons. The average molecular weight is 325 g/mol. The van der Waals surface area contributed by atoms with E-state index < -0.39 is 0 Å². The molecule has 0 fully saturated rings. The van der Waals surface area contributed by atoms with Crippen molar-refractivity contribution in [1.82, 2.24) is 10.6 Å². The van der Waals surface area contributed by atoms with Crippen LogP contribution in [0, 0.1) is 0 Å². The number of ether oxygens (including phenoxy) is 2. The van der Waals surface area contributed by atoms with Gasteiger partial charge in [-0.25, -0.2) is 0 Å². The highest BCUT2D eigenvalue weighted by Crippen LogP contribution is 2.24. The van der Waals surface area contributed by atoms with Crippen molar-refractivity contribution < 1.29 is 9.47 Å². The van der Waals surface area contributed by atoms with Crippen LogP contribution in [0.3, 0.4) is 0 Å². The van der Waals surface area contributed by atoms with E-state index in [1.807, 2.05) is 30.0 Å². The van der Waals surface area contributed by atoms with Crippen LogP contribution in [0.5, 0.6) is 11.5 Å². The van der Waals surface area contributed by atoms with Gasteiger partial charge in [-0.1, -0.05) is 0 Å². The van der Waals surface area contributed by atoms with E-state index in [-0.39, 0.29) is 4.75 Å². The average Bonchev–Trinajstić information content (AvgIpc) is 2.54. The van der Waals surface area contributed by atoms with Gasteiger partial charge in [0.2, 0.25) is 0 Å². The molecule has 0 saturated heterocycles. The summed E-state index contributed by atoms with van der Waals surface area (Å²) in [5.41, 5.74) is 1.05. The second-order valence-corrected chi connectivity index (χ2v) is 6.93. The maximum atomic E-state index is 5.40. The zero-order valence-electron chi connectivity index (χ0n) is 14.3. The molecule has 1 rings (SSSR count). The standard InChI is InChI=1S/C16H27N3O2S/c1-16(2,22-6)11-19-15(17-3)18-10-12-7-8-13(20-4)9-14(12)21-5/h7-9H,10-11H2,1-6H3,(H2,17,18,19). The first-order valence-corrected chi connectivity index (χ1v) is 8.38. The van der Waals surface area contributed by atoms with Gasteiger partial charge in [0.05, 0.1) is 14.2 Å². The Morgan fingerprint density at radius 2 is 1.95 bits per heavy atom. The molecule has 2 N–H and O–H groups in total. The van der Waals surface area contributed by atoms with Crippen LogP contribution in [0.15, 0.2) is 23.2 Å². The number of rotatable bonds is 7. The lowest BCUT2D eigenvalue weighted by Gasteiger charge is -2.24. The summed E-state index contributed by atoms with van der Waals surface area (Å²) in [5.74, 6) is 2.36. The highest BCUT2D eigenvalue weighted by molar-refractivity contribution is 7.99. The summed E-state index contributed by atoms with van der Waals surface area (Å²) in [6.07, 6.45) is 2.11. The van der Waals surface area contributed by atoms with Crippen molar-refractivity contribution in [2.45, 2.75) is 25.1 Å². The largest absolute Gasteiger partial charge is 0.497 e. The molecule has 6 heteroatoms. The van der Waals surface area contributed by atoms with Gasteiger partial charge in [0.1, 0.15) is 11.5 Å². The van der Waals surface area contributed by atoms with Crippen molar-refractivity contribution in [3.05, 3.63) is 23.8 Å². The maximum absolute atomic E-state index is 5.40. The molecule has 0 heterocycles. The van der Waals surface area contributed by atoms with E-state index in [0.29, 0.717) is 6.54 Å². The lowest BCUT2D eigenvalue weighted by molar-refractivity contribution is 0.390. The molecule has 1 aromatic carbocycles. The van der Waals surface area contributed by atoms with Gasteiger partial charge in [0.15, 0.2) is 5.96 Å². The fourth-order valence-corrected chi connectivity index (χ4v) is 1.98. The highest BCUT2D eigenvalue weighted by Gasteiger charge is 2.16. The summed E-state index contributed by atoms with van der Waals surface area (Å²) >= 11 is 1.83. The summed E-state index contributed by atoms with van der Waals surface area (Å²) in [6.45, 7) is 5.87. The molecule has 0 aliphatic carbocycles. The van der Waals surface area contributed by atoms with Gasteiger partial charge in [-0.15, -0.1) is 0 Å². The Bertz CT molecular complexity index is 504. The van der Waals surface area contributed by atoms with Crippen LogP contribution in [0.4, 0.5) is 0 Å². The topological polar surface area (TPSA) is 54.9 Å². The molecular formula is C16H27N3O2S. The third-order valence-electron chi connectivity index (χ3n) is 3.40. The third-order valence-corrected chi connectivity index (χ3v) is 4.65. The van der Waals surface area contributed by atoms with Gasteiger partial charge in [-0.2, -0.15) is 11.8 Å². The summed E-state index contributed by atoms with van der Waals surface area (Å²) in [5, 5.41) is 6.65. The van der Waals surface area contributed by atoms with E-state index in [1.165, 1.54) is 0 Å². The fourth-order valence-electron chi connectivity index (χ4n) is 1.77. The highest BCUT2D eigenvalue weighted by atomic mass is 32.2. The molecule has 0 aliphatic heterocycles. The van der Waals surface area contributed by atoms with E-state index in [4.69, 9.17) is 9.47 Å². The van der Waals surface area contributed by atoms with Crippen molar-refractivity contribution in [1.29, 1.82) is 0 Å².